The van der Waals surface area contributed by atoms with E-state index in [4.69, 9.17) is 11.6 Å². The van der Waals surface area contributed by atoms with Crippen LogP contribution in [-0.4, -0.2) is 89.7 Å². The first-order chi connectivity index (χ1) is 15.9. The second kappa shape index (κ2) is 10.6. The number of piperazine rings is 2. The number of amides is 2. The van der Waals surface area contributed by atoms with Crippen LogP contribution in [0.25, 0.3) is 0 Å². The summed E-state index contributed by atoms with van der Waals surface area (Å²) in [5, 5.41) is 0.890. The van der Waals surface area contributed by atoms with Gasteiger partial charge in [0.15, 0.2) is 5.16 Å². The Balaban J connectivity index is 1.32. The number of thioether (sulfide) groups is 1. The van der Waals surface area contributed by atoms with E-state index in [1.807, 2.05) is 0 Å². The molecule has 2 amide bonds. The average molecular weight is 489 g/mol. The SMILES string of the molecule is CC(=O)N1CCN(C(=O)CSc2nc(Cl)cc(N3CCN(c4ccccc4C)CC3)n2)CC1. The Bertz CT molecular complexity index is 1010. The minimum Gasteiger partial charge on any atom is -0.368 e. The fraction of sp³-hybridized carbons (Fsp3) is 0.478. The lowest BCUT2D eigenvalue weighted by Crippen LogP contribution is -2.50. The highest BCUT2D eigenvalue weighted by molar-refractivity contribution is 7.99. The van der Waals surface area contributed by atoms with Crippen LogP contribution in [0.3, 0.4) is 0 Å². The molecule has 8 nitrogen and oxygen atoms in total. The first-order valence-electron chi connectivity index (χ1n) is 11.2. The van der Waals surface area contributed by atoms with E-state index in [0.717, 1.165) is 32.0 Å². The molecule has 2 saturated heterocycles. The number of para-hydroxylation sites is 1. The van der Waals surface area contributed by atoms with E-state index in [1.54, 1.807) is 22.8 Å². The van der Waals surface area contributed by atoms with Crippen molar-refractivity contribution in [3.8, 4) is 0 Å². The van der Waals surface area contributed by atoms with Gasteiger partial charge in [0.05, 0.1) is 5.75 Å². The second-order valence-corrected chi connectivity index (χ2v) is 9.60. The topological polar surface area (TPSA) is 72.9 Å². The second-order valence-electron chi connectivity index (χ2n) is 8.27. The van der Waals surface area contributed by atoms with E-state index in [-0.39, 0.29) is 17.6 Å². The van der Waals surface area contributed by atoms with Crippen LogP contribution in [0.1, 0.15) is 12.5 Å². The Kier molecular flexibility index (Phi) is 7.60. The molecule has 0 N–H and O–H groups in total. The minimum atomic E-state index is 0.0279. The Labute approximate surface area is 203 Å². The van der Waals surface area contributed by atoms with Crippen LogP contribution in [-0.2, 0) is 9.59 Å². The number of nitrogens with zero attached hydrogens (tertiary/aromatic N) is 6. The van der Waals surface area contributed by atoms with Gasteiger partial charge in [0.1, 0.15) is 11.0 Å². The van der Waals surface area contributed by atoms with Gasteiger partial charge in [0.2, 0.25) is 11.8 Å². The summed E-state index contributed by atoms with van der Waals surface area (Å²) >= 11 is 7.60. The predicted molar refractivity (Wildman–Crippen MR) is 132 cm³/mol. The fourth-order valence-electron chi connectivity index (χ4n) is 4.19. The summed E-state index contributed by atoms with van der Waals surface area (Å²) in [5.41, 5.74) is 2.55. The van der Waals surface area contributed by atoms with Gasteiger partial charge in [-0.25, -0.2) is 9.97 Å². The molecule has 2 aromatic rings. The first-order valence-corrected chi connectivity index (χ1v) is 12.5. The lowest BCUT2D eigenvalue weighted by Gasteiger charge is -2.37. The maximum Gasteiger partial charge on any atom is 0.233 e. The number of aromatic nitrogens is 2. The quantitative estimate of drug-likeness (QED) is 0.364. The first kappa shape index (κ1) is 23.6. The molecule has 0 aliphatic carbocycles. The van der Waals surface area contributed by atoms with Gasteiger partial charge in [-0.2, -0.15) is 0 Å². The molecular weight excluding hydrogens is 460 g/mol. The summed E-state index contributed by atoms with van der Waals surface area (Å²) in [7, 11) is 0. The van der Waals surface area contributed by atoms with Crippen LogP contribution in [0.4, 0.5) is 11.5 Å². The van der Waals surface area contributed by atoms with Crippen molar-refractivity contribution in [2.24, 2.45) is 0 Å². The molecule has 1 aromatic carbocycles. The Morgan fingerprint density at radius 2 is 1.58 bits per heavy atom. The molecule has 4 rings (SSSR count). The number of benzene rings is 1. The molecule has 1 aromatic heterocycles. The normalized spacial score (nSPS) is 16.8. The monoisotopic (exact) mass is 488 g/mol. The van der Waals surface area contributed by atoms with Crippen molar-refractivity contribution in [1.29, 1.82) is 0 Å². The molecule has 33 heavy (non-hydrogen) atoms. The van der Waals surface area contributed by atoms with Crippen molar-refractivity contribution in [3.63, 3.8) is 0 Å². The predicted octanol–water partition coefficient (Wildman–Crippen LogP) is 2.55. The van der Waals surface area contributed by atoms with E-state index >= 15 is 0 Å². The number of hydrogen-bond acceptors (Lipinski definition) is 7. The van der Waals surface area contributed by atoms with Crippen LogP contribution < -0.4 is 9.80 Å². The van der Waals surface area contributed by atoms with Gasteiger partial charge in [0.25, 0.3) is 0 Å². The zero-order valence-electron chi connectivity index (χ0n) is 19.0. The molecule has 10 heteroatoms. The van der Waals surface area contributed by atoms with Gasteiger partial charge in [-0.05, 0) is 18.6 Å². The minimum absolute atomic E-state index is 0.0279. The Morgan fingerprint density at radius 1 is 0.939 bits per heavy atom. The third-order valence-corrected chi connectivity index (χ3v) is 7.15. The summed E-state index contributed by atoms with van der Waals surface area (Å²) in [4.78, 5) is 41.2. The number of rotatable bonds is 5. The molecule has 2 aliphatic heterocycles. The molecule has 0 saturated carbocycles. The Hall–Kier alpha value is -2.52. The van der Waals surface area contributed by atoms with Gasteiger partial charge in [-0.1, -0.05) is 41.6 Å². The molecule has 0 unspecified atom stereocenters. The van der Waals surface area contributed by atoms with Gasteiger partial charge < -0.3 is 19.6 Å². The summed E-state index contributed by atoms with van der Waals surface area (Å²) in [6, 6.07) is 10.2. The lowest BCUT2D eigenvalue weighted by atomic mass is 10.1. The van der Waals surface area contributed by atoms with Crippen molar-refractivity contribution < 1.29 is 9.59 Å². The molecule has 0 atom stereocenters. The van der Waals surface area contributed by atoms with Crippen LogP contribution in [0.15, 0.2) is 35.5 Å². The smallest absolute Gasteiger partial charge is 0.233 e. The van der Waals surface area contributed by atoms with Crippen LogP contribution in [0, 0.1) is 6.92 Å². The van der Waals surface area contributed by atoms with Gasteiger partial charge >= 0.3 is 0 Å². The number of aryl methyl sites for hydroxylation is 1. The lowest BCUT2D eigenvalue weighted by molar-refractivity contribution is -0.136. The number of hydrogen-bond donors (Lipinski definition) is 0. The van der Waals surface area contributed by atoms with Crippen molar-refractivity contribution in [2.75, 3.05) is 67.9 Å². The van der Waals surface area contributed by atoms with E-state index in [0.29, 0.717) is 36.5 Å². The van der Waals surface area contributed by atoms with Gasteiger partial charge in [0, 0.05) is 71.0 Å². The zero-order valence-corrected chi connectivity index (χ0v) is 20.6. The van der Waals surface area contributed by atoms with E-state index in [2.05, 4.69) is 51.0 Å². The number of carbonyl (C=O) groups is 2. The standard InChI is InChI=1S/C23H29ClN6O2S/c1-17-5-3-4-6-19(17)28-9-11-29(12-10-28)21-15-20(24)25-23(26-21)33-16-22(32)30-13-7-27(8-14-30)18(2)31/h3-6,15H,7-14,16H2,1-2H3. The maximum atomic E-state index is 12.6. The van der Waals surface area contributed by atoms with Crippen molar-refractivity contribution in [1.82, 2.24) is 19.8 Å². The highest BCUT2D eigenvalue weighted by Crippen LogP contribution is 2.25. The molecule has 0 spiro atoms. The van der Waals surface area contributed by atoms with E-state index in [9.17, 15) is 9.59 Å². The summed E-state index contributed by atoms with van der Waals surface area (Å²) < 4.78 is 0. The fourth-order valence-corrected chi connectivity index (χ4v) is 5.18. The van der Waals surface area contributed by atoms with E-state index in [1.165, 1.54) is 23.0 Å². The summed E-state index contributed by atoms with van der Waals surface area (Å²) in [6.45, 7) is 9.47. The molecule has 0 radical (unpaired) electrons. The van der Waals surface area contributed by atoms with Crippen molar-refractivity contribution in [2.45, 2.75) is 19.0 Å². The summed E-state index contributed by atoms with van der Waals surface area (Å²) in [6.07, 6.45) is 0. The highest BCUT2D eigenvalue weighted by Gasteiger charge is 2.23. The third kappa shape index (κ3) is 5.89. The largest absolute Gasteiger partial charge is 0.368 e. The number of halogens is 1. The average Bonchev–Trinajstić information content (AvgIpc) is 2.83. The van der Waals surface area contributed by atoms with Gasteiger partial charge in [-0.15, -0.1) is 0 Å². The van der Waals surface area contributed by atoms with Crippen molar-refractivity contribution in [3.05, 3.63) is 41.0 Å². The van der Waals surface area contributed by atoms with Crippen LogP contribution >= 0.6 is 23.4 Å². The van der Waals surface area contributed by atoms with Gasteiger partial charge in [-0.3, -0.25) is 9.59 Å². The van der Waals surface area contributed by atoms with Crippen LogP contribution in [0.2, 0.25) is 5.15 Å². The summed E-state index contributed by atoms with van der Waals surface area (Å²) in [5.74, 6) is 1.13. The third-order valence-electron chi connectivity index (χ3n) is 6.12. The molecule has 0 bridgehead atoms. The molecule has 3 heterocycles. The van der Waals surface area contributed by atoms with Crippen LogP contribution in [0.5, 0.6) is 0 Å². The zero-order chi connectivity index (χ0) is 23.4. The molecular formula is C23H29ClN6O2S. The maximum absolute atomic E-state index is 12.6. The number of carbonyl (C=O) groups excluding carboxylic acids is 2. The molecule has 2 fully saturated rings. The highest BCUT2D eigenvalue weighted by atomic mass is 35.5. The van der Waals surface area contributed by atoms with E-state index < -0.39 is 0 Å². The number of anilines is 2. The Morgan fingerprint density at radius 3 is 2.24 bits per heavy atom. The molecule has 2 aliphatic rings. The van der Waals surface area contributed by atoms with Crippen molar-refractivity contribution >= 4 is 46.7 Å². The molecule has 176 valence electrons.